The molecule has 0 atom stereocenters. The quantitative estimate of drug-likeness (QED) is 0.535. The molecule has 2 rings (SSSR count). The number of allylic oxidation sites excluding steroid dienone is 4. The molecule has 0 aromatic rings. The van der Waals surface area contributed by atoms with Gasteiger partial charge in [0.05, 0.1) is 0 Å². The van der Waals surface area contributed by atoms with Crippen LogP contribution in [0.15, 0.2) is 22.3 Å². The third kappa shape index (κ3) is 0.961. The minimum absolute atomic E-state index is 0.380. The van der Waals surface area contributed by atoms with Gasteiger partial charge >= 0.3 is 0 Å². The van der Waals surface area contributed by atoms with E-state index in [4.69, 9.17) is 0 Å². The Kier molecular flexibility index (Phi) is 1.67. The minimum Gasteiger partial charge on any atom is -0.294 e. The number of hydrogen-bond donors (Lipinski definition) is 0. The first kappa shape index (κ1) is 7.78. The van der Waals surface area contributed by atoms with E-state index in [-0.39, 0.29) is 0 Å². The van der Waals surface area contributed by atoms with Crippen molar-refractivity contribution in [3.8, 4) is 0 Å². The van der Waals surface area contributed by atoms with Gasteiger partial charge in [0, 0.05) is 12.0 Å². The lowest BCUT2D eigenvalue weighted by Gasteiger charge is -2.13. The Hall–Kier alpha value is -0.850. The zero-order valence-corrected chi connectivity index (χ0v) is 7.74. The normalized spacial score (nSPS) is 23.7. The number of Topliss-reactive ketones (excluding diaryl/α,β-unsaturated/α-hetero) is 1. The number of hydrogen-bond acceptors (Lipinski definition) is 1. The fraction of sp³-hybridized carbons (Fsp3) is 0.545. The van der Waals surface area contributed by atoms with Crippen molar-refractivity contribution in [3.05, 3.63) is 22.3 Å². The van der Waals surface area contributed by atoms with Crippen LogP contribution in [0.2, 0.25) is 0 Å². The third-order valence-electron chi connectivity index (χ3n) is 3.01. The number of carbonyl (C=O) groups is 1. The Morgan fingerprint density at radius 2 is 1.92 bits per heavy atom. The molecule has 0 aromatic carbocycles. The van der Waals surface area contributed by atoms with E-state index >= 15 is 0 Å². The van der Waals surface area contributed by atoms with Gasteiger partial charge in [-0.05, 0) is 38.7 Å². The highest BCUT2D eigenvalue weighted by Crippen LogP contribution is 2.38. The number of carbonyl (C=O) groups excluding carboxylic acids is 1. The predicted octanol–water partition coefficient (Wildman–Crippen LogP) is 2.78. The Morgan fingerprint density at radius 3 is 2.58 bits per heavy atom. The summed E-state index contributed by atoms with van der Waals surface area (Å²) in [5.41, 5.74) is 5.14. The lowest BCUT2D eigenvalue weighted by Crippen LogP contribution is -2.09. The van der Waals surface area contributed by atoms with Crippen molar-refractivity contribution in [3.63, 3.8) is 0 Å². The van der Waals surface area contributed by atoms with Crippen LogP contribution in [0.1, 0.15) is 39.5 Å². The van der Waals surface area contributed by atoms with Crippen LogP contribution in [-0.2, 0) is 4.79 Å². The summed E-state index contributed by atoms with van der Waals surface area (Å²) in [5, 5.41) is 0. The van der Waals surface area contributed by atoms with Gasteiger partial charge in [0.1, 0.15) is 0 Å². The van der Waals surface area contributed by atoms with Crippen molar-refractivity contribution in [1.29, 1.82) is 0 Å². The van der Waals surface area contributed by atoms with E-state index in [1.165, 1.54) is 16.7 Å². The van der Waals surface area contributed by atoms with Crippen molar-refractivity contribution in [2.75, 3.05) is 0 Å². The maximum Gasteiger partial charge on any atom is 0.163 e. The van der Waals surface area contributed by atoms with Gasteiger partial charge in [-0.25, -0.2) is 0 Å². The standard InChI is InChI=1S/C11H14O/c1-7-6-9-4-3-5-10(12)11(9)8(7)2/h3-6H2,1-2H3. The molecule has 2 aliphatic carbocycles. The second-order valence-electron chi connectivity index (χ2n) is 3.84. The molecule has 2 aliphatic rings. The molecule has 0 saturated carbocycles. The molecule has 1 nitrogen and oxygen atoms in total. The van der Waals surface area contributed by atoms with E-state index < -0.39 is 0 Å². The average molecular weight is 162 g/mol. The van der Waals surface area contributed by atoms with Gasteiger partial charge < -0.3 is 0 Å². The molecule has 0 N–H and O–H groups in total. The van der Waals surface area contributed by atoms with Crippen LogP contribution in [0.3, 0.4) is 0 Å². The van der Waals surface area contributed by atoms with Crippen molar-refractivity contribution >= 4 is 5.78 Å². The molecule has 0 fully saturated rings. The van der Waals surface area contributed by atoms with E-state index in [9.17, 15) is 4.79 Å². The number of rotatable bonds is 0. The third-order valence-corrected chi connectivity index (χ3v) is 3.01. The van der Waals surface area contributed by atoms with E-state index in [0.717, 1.165) is 31.3 Å². The molecule has 0 radical (unpaired) electrons. The second kappa shape index (κ2) is 2.58. The zero-order valence-electron chi connectivity index (χ0n) is 7.74. The molecule has 0 unspecified atom stereocenters. The SMILES string of the molecule is CC1=C(C)C2=C(CCCC2=O)C1. The maximum atomic E-state index is 11.5. The summed E-state index contributed by atoms with van der Waals surface area (Å²) < 4.78 is 0. The molecule has 1 heteroatoms. The fourth-order valence-corrected chi connectivity index (χ4v) is 2.23. The van der Waals surface area contributed by atoms with E-state index in [0.29, 0.717) is 5.78 Å². The summed E-state index contributed by atoms with van der Waals surface area (Å²) in [6, 6.07) is 0. The van der Waals surface area contributed by atoms with Gasteiger partial charge in [0.25, 0.3) is 0 Å². The smallest absolute Gasteiger partial charge is 0.163 e. The number of ketones is 1. The summed E-state index contributed by atoms with van der Waals surface area (Å²) in [4.78, 5) is 11.5. The lowest BCUT2D eigenvalue weighted by molar-refractivity contribution is -0.115. The fourth-order valence-electron chi connectivity index (χ4n) is 2.23. The molecule has 0 spiro atoms. The van der Waals surface area contributed by atoms with Crippen molar-refractivity contribution in [2.45, 2.75) is 39.5 Å². The summed E-state index contributed by atoms with van der Waals surface area (Å²) in [6.07, 6.45) is 4.05. The van der Waals surface area contributed by atoms with E-state index in [2.05, 4.69) is 13.8 Å². The lowest BCUT2D eigenvalue weighted by atomic mass is 9.90. The molecule has 0 aliphatic heterocycles. The summed E-state index contributed by atoms with van der Waals surface area (Å²) >= 11 is 0. The van der Waals surface area contributed by atoms with E-state index in [1.807, 2.05) is 0 Å². The molecule has 0 heterocycles. The minimum atomic E-state index is 0.380. The Bertz CT molecular complexity index is 305. The van der Waals surface area contributed by atoms with Gasteiger partial charge in [-0.15, -0.1) is 0 Å². The predicted molar refractivity (Wildman–Crippen MR) is 48.9 cm³/mol. The van der Waals surface area contributed by atoms with Gasteiger partial charge in [-0.3, -0.25) is 4.79 Å². The molecular formula is C11H14O. The molecule has 12 heavy (non-hydrogen) atoms. The van der Waals surface area contributed by atoms with Crippen LogP contribution in [0, 0.1) is 0 Å². The first-order chi connectivity index (χ1) is 5.70. The molecule has 0 saturated heterocycles. The van der Waals surface area contributed by atoms with Crippen LogP contribution in [0.25, 0.3) is 0 Å². The van der Waals surface area contributed by atoms with Gasteiger partial charge in [0.15, 0.2) is 5.78 Å². The zero-order chi connectivity index (χ0) is 8.72. The molecular weight excluding hydrogens is 148 g/mol. The topological polar surface area (TPSA) is 17.1 Å². The van der Waals surface area contributed by atoms with Crippen molar-refractivity contribution < 1.29 is 4.79 Å². The molecule has 64 valence electrons. The van der Waals surface area contributed by atoms with E-state index in [1.54, 1.807) is 0 Å². The highest BCUT2D eigenvalue weighted by Gasteiger charge is 2.26. The van der Waals surface area contributed by atoms with Gasteiger partial charge in [-0.1, -0.05) is 11.1 Å². The molecule has 0 amide bonds. The van der Waals surface area contributed by atoms with Crippen molar-refractivity contribution in [2.24, 2.45) is 0 Å². The largest absolute Gasteiger partial charge is 0.294 e. The highest BCUT2D eigenvalue weighted by molar-refractivity contribution is 6.02. The summed E-state index contributed by atoms with van der Waals surface area (Å²) in [7, 11) is 0. The van der Waals surface area contributed by atoms with Crippen LogP contribution >= 0.6 is 0 Å². The Labute approximate surface area is 73.2 Å². The van der Waals surface area contributed by atoms with Gasteiger partial charge in [0.2, 0.25) is 0 Å². The Morgan fingerprint density at radius 1 is 1.17 bits per heavy atom. The Balaban J connectivity index is 2.44. The van der Waals surface area contributed by atoms with Gasteiger partial charge in [-0.2, -0.15) is 0 Å². The first-order valence-electron chi connectivity index (χ1n) is 4.62. The van der Waals surface area contributed by atoms with Crippen LogP contribution < -0.4 is 0 Å². The van der Waals surface area contributed by atoms with Crippen LogP contribution in [0.5, 0.6) is 0 Å². The highest BCUT2D eigenvalue weighted by atomic mass is 16.1. The molecule has 0 aromatic heterocycles. The average Bonchev–Trinajstić information content (AvgIpc) is 2.29. The first-order valence-corrected chi connectivity index (χ1v) is 4.62. The van der Waals surface area contributed by atoms with Crippen LogP contribution in [-0.4, -0.2) is 5.78 Å². The van der Waals surface area contributed by atoms with Crippen LogP contribution in [0.4, 0.5) is 0 Å². The van der Waals surface area contributed by atoms with Crippen molar-refractivity contribution in [1.82, 2.24) is 0 Å². The monoisotopic (exact) mass is 162 g/mol. The maximum absolute atomic E-state index is 11.5. The molecule has 0 bridgehead atoms. The second-order valence-corrected chi connectivity index (χ2v) is 3.84. The summed E-state index contributed by atoms with van der Waals surface area (Å²) in [6.45, 7) is 4.22. The summed E-state index contributed by atoms with van der Waals surface area (Å²) in [5.74, 6) is 0.380.